The van der Waals surface area contributed by atoms with E-state index >= 15 is 0 Å². The molecule has 0 amide bonds. The first-order valence-corrected chi connectivity index (χ1v) is 10.9. The van der Waals surface area contributed by atoms with Gasteiger partial charge in [0.1, 0.15) is 24.3 Å². The van der Waals surface area contributed by atoms with Gasteiger partial charge in [0.15, 0.2) is 0 Å². The quantitative estimate of drug-likeness (QED) is 0.298. The molecule has 0 saturated heterocycles. The molecule has 0 aliphatic heterocycles. The second kappa shape index (κ2) is 12.2. The predicted octanol–water partition coefficient (Wildman–Crippen LogP) is 4.13. The average molecular weight is 429 g/mol. The molecule has 2 aromatic carbocycles. The number of carbonyl (C=O) groups excluding carboxylic acids is 1. The molecule has 3 N–H and O–H groups in total. The van der Waals surface area contributed by atoms with Crippen molar-refractivity contribution >= 4 is 6.16 Å². The smallest absolute Gasteiger partial charge is 0.508 e. The van der Waals surface area contributed by atoms with E-state index in [9.17, 15) is 15.0 Å². The van der Waals surface area contributed by atoms with Crippen LogP contribution in [0.2, 0.25) is 0 Å². The first kappa shape index (κ1) is 22.9. The highest BCUT2D eigenvalue weighted by Gasteiger charge is 2.19. The second-order valence-corrected chi connectivity index (χ2v) is 7.89. The lowest BCUT2D eigenvalue weighted by Crippen LogP contribution is -2.35. The van der Waals surface area contributed by atoms with Crippen molar-refractivity contribution in [1.29, 1.82) is 0 Å². The highest BCUT2D eigenvalue weighted by Crippen LogP contribution is 2.21. The van der Waals surface area contributed by atoms with Gasteiger partial charge in [0.05, 0.1) is 0 Å². The van der Waals surface area contributed by atoms with Crippen molar-refractivity contribution in [2.45, 2.75) is 51.3 Å². The van der Waals surface area contributed by atoms with E-state index < -0.39 is 6.16 Å². The summed E-state index contributed by atoms with van der Waals surface area (Å²) in [4.78, 5) is 14.0. The van der Waals surface area contributed by atoms with Gasteiger partial charge in [-0.3, -0.25) is 4.90 Å². The van der Waals surface area contributed by atoms with Gasteiger partial charge in [0.2, 0.25) is 0 Å². The molecule has 0 radical (unpaired) electrons. The van der Waals surface area contributed by atoms with E-state index in [1.807, 2.05) is 29.2 Å². The summed E-state index contributed by atoms with van der Waals surface area (Å²) in [5.41, 5.74) is 1.58. The highest BCUT2D eigenvalue weighted by atomic mass is 16.7. The zero-order valence-electron chi connectivity index (χ0n) is 17.8. The van der Waals surface area contributed by atoms with E-state index in [1.165, 1.54) is 6.42 Å². The Labute approximate surface area is 183 Å². The van der Waals surface area contributed by atoms with Crippen LogP contribution < -0.4 is 5.32 Å². The Balaban J connectivity index is 1.49. The van der Waals surface area contributed by atoms with Crippen LogP contribution in [0.4, 0.5) is 4.79 Å². The van der Waals surface area contributed by atoms with Crippen LogP contribution >= 0.6 is 0 Å². The molecule has 1 aliphatic carbocycles. The molecule has 7 heteroatoms. The van der Waals surface area contributed by atoms with Crippen LogP contribution in [0, 0.1) is 0 Å². The third kappa shape index (κ3) is 7.77. The number of carbonyl (C=O) groups is 1. The van der Waals surface area contributed by atoms with Crippen LogP contribution in [0.1, 0.15) is 43.2 Å². The molecule has 0 unspecified atom stereocenters. The minimum atomic E-state index is -0.642. The number of nitrogens with zero attached hydrogens (tertiary/aromatic N) is 1. The lowest BCUT2D eigenvalue weighted by molar-refractivity contribution is -0.0177. The van der Waals surface area contributed by atoms with Crippen molar-refractivity contribution < 1.29 is 24.5 Å². The Kier molecular flexibility index (Phi) is 8.99. The van der Waals surface area contributed by atoms with Gasteiger partial charge in [-0.05, 0) is 37.8 Å². The Hall–Kier alpha value is -2.77. The molecule has 31 heavy (non-hydrogen) atoms. The molecule has 7 nitrogen and oxygen atoms in total. The fraction of sp³-hybridized carbons (Fsp3) is 0.458. The minimum absolute atomic E-state index is 0.0481. The summed E-state index contributed by atoms with van der Waals surface area (Å²) in [6.07, 6.45) is 4.46. The second-order valence-electron chi connectivity index (χ2n) is 7.89. The number of hydrogen-bond acceptors (Lipinski definition) is 7. The molecular weight excluding hydrogens is 396 g/mol. The van der Waals surface area contributed by atoms with Gasteiger partial charge in [0, 0.05) is 37.3 Å². The average Bonchev–Trinajstić information content (AvgIpc) is 2.78. The maximum atomic E-state index is 12.1. The molecule has 1 fully saturated rings. The summed E-state index contributed by atoms with van der Waals surface area (Å²) in [6.45, 7) is 2.23. The molecule has 0 heterocycles. The fourth-order valence-corrected chi connectivity index (χ4v) is 3.69. The molecule has 2 aromatic rings. The largest absolute Gasteiger partial charge is 0.509 e. The highest BCUT2D eigenvalue weighted by molar-refractivity contribution is 5.60. The van der Waals surface area contributed by atoms with Gasteiger partial charge in [-0.25, -0.2) is 4.79 Å². The SMILES string of the molecule is O=C(OCN(CCNCc1ccccc1O)Cc1ccccc1O)OC1CCCCC1. The number of rotatable bonds is 10. The number of ether oxygens (including phenoxy) is 2. The maximum Gasteiger partial charge on any atom is 0.509 e. The number of aromatic hydroxyl groups is 2. The van der Waals surface area contributed by atoms with Crippen LogP contribution in [0.15, 0.2) is 48.5 Å². The molecule has 1 aliphatic rings. The van der Waals surface area contributed by atoms with Crippen LogP contribution in [0.25, 0.3) is 0 Å². The topological polar surface area (TPSA) is 91.3 Å². The summed E-state index contributed by atoms with van der Waals surface area (Å²) in [7, 11) is 0. The van der Waals surface area contributed by atoms with E-state index in [1.54, 1.807) is 24.3 Å². The van der Waals surface area contributed by atoms with E-state index in [4.69, 9.17) is 9.47 Å². The number of hydrogen-bond donors (Lipinski definition) is 3. The molecule has 0 bridgehead atoms. The van der Waals surface area contributed by atoms with Crippen molar-refractivity contribution in [2.75, 3.05) is 19.8 Å². The number of benzene rings is 2. The molecular formula is C24H32N2O5. The lowest BCUT2D eigenvalue weighted by Gasteiger charge is -2.24. The molecule has 0 spiro atoms. The lowest BCUT2D eigenvalue weighted by atomic mass is 9.98. The summed E-state index contributed by atoms with van der Waals surface area (Å²) >= 11 is 0. The number of nitrogens with one attached hydrogen (secondary N) is 1. The summed E-state index contributed by atoms with van der Waals surface area (Å²) in [5.74, 6) is 0.467. The van der Waals surface area contributed by atoms with Crippen LogP contribution in [-0.2, 0) is 22.6 Å². The fourth-order valence-electron chi connectivity index (χ4n) is 3.69. The van der Waals surface area contributed by atoms with Gasteiger partial charge < -0.3 is 25.0 Å². The molecule has 0 atom stereocenters. The Bertz CT molecular complexity index is 823. The standard InChI is InChI=1S/C24H32N2O5/c27-22-12-6-4-8-19(22)16-25-14-15-26(17-20-9-5-7-13-23(20)28)18-30-24(29)31-21-10-2-1-3-11-21/h4-9,12-13,21,25,27-28H,1-3,10-11,14-18H2. The zero-order valence-corrected chi connectivity index (χ0v) is 17.8. The number of phenols is 2. The summed E-state index contributed by atoms with van der Waals surface area (Å²) in [6, 6.07) is 14.3. The molecule has 168 valence electrons. The van der Waals surface area contributed by atoms with Gasteiger partial charge in [0.25, 0.3) is 0 Å². The third-order valence-corrected chi connectivity index (χ3v) is 5.48. The van der Waals surface area contributed by atoms with Crippen molar-refractivity contribution in [3.63, 3.8) is 0 Å². The zero-order chi connectivity index (χ0) is 21.9. The Morgan fingerprint density at radius 3 is 2.29 bits per heavy atom. The number of para-hydroxylation sites is 2. The van der Waals surface area contributed by atoms with Gasteiger partial charge in [-0.2, -0.15) is 0 Å². The number of phenolic OH excluding ortho intramolecular Hbond substituents is 2. The van der Waals surface area contributed by atoms with Crippen LogP contribution in [0.3, 0.4) is 0 Å². The van der Waals surface area contributed by atoms with Crippen molar-refractivity contribution in [3.05, 3.63) is 59.7 Å². The van der Waals surface area contributed by atoms with Gasteiger partial charge in [-0.15, -0.1) is 0 Å². The van der Waals surface area contributed by atoms with E-state index in [0.29, 0.717) is 26.2 Å². The minimum Gasteiger partial charge on any atom is -0.508 e. The van der Waals surface area contributed by atoms with Crippen LogP contribution in [0.5, 0.6) is 11.5 Å². The third-order valence-electron chi connectivity index (χ3n) is 5.48. The first-order chi connectivity index (χ1) is 15.1. The molecule has 3 rings (SSSR count). The Morgan fingerprint density at radius 1 is 0.968 bits per heavy atom. The Morgan fingerprint density at radius 2 is 1.61 bits per heavy atom. The first-order valence-electron chi connectivity index (χ1n) is 10.9. The molecule has 1 saturated carbocycles. The maximum absolute atomic E-state index is 12.1. The van der Waals surface area contributed by atoms with Crippen molar-refractivity contribution in [1.82, 2.24) is 10.2 Å². The van der Waals surface area contributed by atoms with E-state index in [0.717, 1.165) is 36.8 Å². The molecule has 0 aromatic heterocycles. The van der Waals surface area contributed by atoms with Crippen LogP contribution in [-0.4, -0.2) is 47.2 Å². The predicted molar refractivity (Wildman–Crippen MR) is 118 cm³/mol. The normalized spacial score (nSPS) is 14.5. The van der Waals surface area contributed by atoms with Crippen molar-refractivity contribution in [2.24, 2.45) is 0 Å². The van der Waals surface area contributed by atoms with E-state index in [-0.39, 0.29) is 24.3 Å². The van der Waals surface area contributed by atoms with Gasteiger partial charge in [-0.1, -0.05) is 42.8 Å². The summed E-state index contributed by atoms with van der Waals surface area (Å²) < 4.78 is 10.8. The van der Waals surface area contributed by atoms with E-state index in [2.05, 4.69) is 5.32 Å². The monoisotopic (exact) mass is 428 g/mol. The van der Waals surface area contributed by atoms with Crippen molar-refractivity contribution in [3.8, 4) is 11.5 Å². The van der Waals surface area contributed by atoms with Gasteiger partial charge >= 0.3 is 6.16 Å². The summed E-state index contributed by atoms with van der Waals surface area (Å²) in [5, 5.41) is 23.3.